The summed E-state index contributed by atoms with van der Waals surface area (Å²) in [5.41, 5.74) is 0.782. The fourth-order valence-electron chi connectivity index (χ4n) is 2.61. The molecule has 2 N–H and O–H groups in total. The quantitative estimate of drug-likeness (QED) is 0.526. The summed E-state index contributed by atoms with van der Waals surface area (Å²) in [5, 5.41) is 17.3. The molecule has 0 heterocycles. The molecule has 0 aliphatic heterocycles. The third kappa shape index (κ3) is 5.51. The van der Waals surface area contributed by atoms with E-state index in [1.165, 1.54) is 6.07 Å². The molecule has 1 aliphatic rings. The second-order valence-electron chi connectivity index (χ2n) is 7.11. The highest BCUT2D eigenvalue weighted by Crippen LogP contribution is 2.31. The van der Waals surface area contributed by atoms with Crippen molar-refractivity contribution >= 4 is 17.3 Å². The van der Waals surface area contributed by atoms with Crippen LogP contribution in [0.15, 0.2) is 18.2 Å². The van der Waals surface area contributed by atoms with E-state index in [9.17, 15) is 14.9 Å². The number of amides is 1. The number of carbonyl (C=O) groups is 1. The van der Waals surface area contributed by atoms with Crippen LogP contribution in [-0.4, -0.2) is 22.9 Å². The minimum absolute atomic E-state index is 0.0398. The highest BCUT2D eigenvalue weighted by atomic mass is 16.6. The largest absolute Gasteiger partial charge is 0.377 e. The first-order valence-electron chi connectivity index (χ1n) is 8.72. The van der Waals surface area contributed by atoms with Crippen LogP contribution in [0.4, 0.5) is 11.4 Å². The fraction of sp³-hybridized carbons (Fsp3) is 0.611. The Morgan fingerprint density at radius 1 is 1.29 bits per heavy atom. The van der Waals surface area contributed by atoms with E-state index in [4.69, 9.17) is 0 Å². The molecule has 1 amide bonds. The molecule has 0 spiro atoms. The first-order valence-corrected chi connectivity index (χ1v) is 8.72. The lowest BCUT2D eigenvalue weighted by molar-refractivity contribution is -0.384. The molecule has 0 bridgehead atoms. The van der Waals surface area contributed by atoms with Gasteiger partial charge >= 0.3 is 0 Å². The summed E-state index contributed by atoms with van der Waals surface area (Å²) in [7, 11) is 0. The topological polar surface area (TPSA) is 84.3 Å². The summed E-state index contributed by atoms with van der Waals surface area (Å²) in [4.78, 5) is 23.1. The van der Waals surface area contributed by atoms with Crippen LogP contribution in [0.5, 0.6) is 0 Å². The van der Waals surface area contributed by atoms with Crippen molar-refractivity contribution in [2.45, 2.75) is 65.0 Å². The van der Waals surface area contributed by atoms with Crippen molar-refractivity contribution in [2.24, 2.45) is 5.92 Å². The maximum atomic E-state index is 12.3. The van der Waals surface area contributed by atoms with Crippen molar-refractivity contribution in [1.82, 2.24) is 5.32 Å². The van der Waals surface area contributed by atoms with Crippen LogP contribution in [-0.2, 0) is 0 Å². The zero-order chi connectivity index (χ0) is 17.7. The number of hydrogen-bond donors (Lipinski definition) is 2. The fourth-order valence-corrected chi connectivity index (χ4v) is 2.61. The second-order valence-corrected chi connectivity index (χ2v) is 7.11. The molecule has 1 aliphatic carbocycles. The maximum absolute atomic E-state index is 12.3. The van der Waals surface area contributed by atoms with Gasteiger partial charge in [0, 0.05) is 23.7 Å². The van der Waals surface area contributed by atoms with Gasteiger partial charge in [-0.15, -0.1) is 0 Å². The lowest BCUT2D eigenvalue weighted by atomic mass is 10.0. The number of nitro benzene ring substituents is 1. The zero-order valence-electron chi connectivity index (χ0n) is 14.7. The van der Waals surface area contributed by atoms with Crippen molar-refractivity contribution < 1.29 is 9.72 Å². The van der Waals surface area contributed by atoms with Crippen LogP contribution in [0.25, 0.3) is 0 Å². The van der Waals surface area contributed by atoms with Crippen molar-refractivity contribution in [3.63, 3.8) is 0 Å². The molecule has 0 radical (unpaired) electrons. The lowest BCUT2D eigenvalue weighted by Gasteiger charge is -2.15. The Balaban J connectivity index is 1.98. The number of hydrogen-bond acceptors (Lipinski definition) is 4. The van der Waals surface area contributed by atoms with Crippen LogP contribution < -0.4 is 10.6 Å². The van der Waals surface area contributed by atoms with E-state index in [0.29, 0.717) is 23.2 Å². The van der Waals surface area contributed by atoms with Gasteiger partial charge in [-0.3, -0.25) is 14.9 Å². The summed E-state index contributed by atoms with van der Waals surface area (Å²) >= 11 is 0. The third-order valence-corrected chi connectivity index (χ3v) is 4.19. The predicted octanol–water partition coefficient (Wildman–Crippen LogP) is 4.11. The molecule has 1 atom stereocenters. The average Bonchev–Trinajstić information content (AvgIpc) is 3.30. The van der Waals surface area contributed by atoms with Gasteiger partial charge in [-0.2, -0.15) is 0 Å². The van der Waals surface area contributed by atoms with Gasteiger partial charge in [-0.05, 0) is 44.2 Å². The number of carbonyl (C=O) groups excluding carboxylic acids is 1. The van der Waals surface area contributed by atoms with Gasteiger partial charge < -0.3 is 10.6 Å². The summed E-state index contributed by atoms with van der Waals surface area (Å²) in [6, 6.07) is 5.02. The molecule has 1 saturated carbocycles. The normalized spacial score (nSPS) is 15.2. The van der Waals surface area contributed by atoms with Crippen LogP contribution >= 0.6 is 0 Å². The monoisotopic (exact) mass is 333 g/mol. The molecule has 1 aromatic rings. The van der Waals surface area contributed by atoms with Gasteiger partial charge in [0.2, 0.25) is 0 Å². The van der Waals surface area contributed by atoms with Crippen LogP contribution in [0.2, 0.25) is 0 Å². The van der Waals surface area contributed by atoms with E-state index in [0.717, 1.165) is 32.1 Å². The highest BCUT2D eigenvalue weighted by molar-refractivity contribution is 5.95. The summed E-state index contributed by atoms with van der Waals surface area (Å²) in [6.07, 6.45) is 5.17. The molecule has 1 aromatic carbocycles. The Morgan fingerprint density at radius 2 is 2.00 bits per heavy atom. The molecule has 132 valence electrons. The molecular weight excluding hydrogens is 306 g/mol. The van der Waals surface area contributed by atoms with E-state index >= 15 is 0 Å². The van der Waals surface area contributed by atoms with Crippen molar-refractivity contribution in [1.29, 1.82) is 0 Å². The Morgan fingerprint density at radius 3 is 2.58 bits per heavy atom. The van der Waals surface area contributed by atoms with E-state index in [1.807, 2.05) is 6.92 Å². The first kappa shape index (κ1) is 18.2. The van der Waals surface area contributed by atoms with Crippen molar-refractivity contribution in [2.75, 3.05) is 5.32 Å². The average molecular weight is 333 g/mol. The minimum atomic E-state index is -0.437. The molecule has 0 aromatic heterocycles. The van der Waals surface area contributed by atoms with E-state index in [1.54, 1.807) is 12.1 Å². The van der Waals surface area contributed by atoms with Gasteiger partial charge in [-0.1, -0.05) is 26.7 Å². The summed E-state index contributed by atoms with van der Waals surface area (Å²) < 4.78 is 0. The Labute approximate surface area is 143 Å². The third-order valence-electron chi connectivity index (χ3n) is 4.19. The van der Waals surface area contributed by atoms with Crippen molar-refractivity contribution in [3.8, 4) is 0 Å². The van der Waals surface area contributed by atoms with Gasteiger partial charge in [0.1, 0.15) is 5.69 Å². The highest BCUT2D eigenvalue weighted by Gasteiger charge is 2.25. The molecule has 6 heteroatoms. The Kier molecular flexibility index (Phi) is 6.17. The van der Waals surface area contributed by atoms with E-state index < -0.39 is 4.92 Å². The molecule has 24 heavy (non-hydrogen) atoms. The molecule has 1 unspecified atom stereocenters. The van der Waals surface area contributed by atoms with Gasteiger partial charge in [0.15, 0.2) is 0 Å². The molecule has 0 saturated heterocycles. The van der Waals surface area contributed by atoms with Crippen LogP contribution in [0.1, 0.15) is 63.2 Å². The zero-order valence-corrected chi connectivity index (χ0v) is 14.7. The number of nitro groups is 1. The summed E-state index contributed by atoms with van der Waals surface area (Å²) in [6.45, 7) is 6.33. The van der Waals surface area contributed by atoms with Gasteiger partial charge in [0.05, 0.1) is 4.92 Å². The van der Waals surface area contributed by atoms with E-state index in [2.05, 4.69) is 24.5 Å². The van der Waals surface area contributed by atoms with Gasteiger partial charge in [-0.25, -0.2) is 0 Å². The second kappa shape index (κ2) is 8.13. The van der Waals surface area contributed by atoms with Crippen LogP contribution in [0, 0.1) is 16.0 Å². The SMILES string of the molecule is CC(C)CCCC(C)NC(=O)c1ccc(NC2CC2)c([N+](=O)[O-])c1. The first-order chi connectivity index (χ1) is 11.4. The van der Waals surface area contributed by atoms with E-state index in [-0.39, 0.29) is 17.6 Å². The molecule has 2 rings (SSSR count). The number of rotatable bonds is 9. The number of anilines is 1. The standard InChI is InChI=1S/C18H27N3O3/c1-12(2)5-4-6-13(3)19-18(22)14-7-10-16(20-15-8-9-15)17(11-14)21(23)24/h7,10-13,15,20H,4-6,8-9H2,1-3H3,(H,19,22). The Bertz CT molecular complexity index is 597. The Hall–Kier alpha value is -2.11. The van der Waals surface area contributed by atoms with Crippen molar-refractivity contribution in [3.05, 3.63) is 33.9 Å². The number of benzene rings is 1. The predicted molar refractivity (Wildman–Crippen MR) is 95.4 cm³/mol. The summed E-state index contributed by atoms with van der Waals surface area (Å²) in [5.74, 6) is 0.398. The minimum Gasteiger partial charge on any atom is -0.377 e. The van der Waals surface area contributed by atoms with Crippen LogP contribution in [0.3, 0.4) is 0 Å². The maximum Gasteiger partial charge on any atom is 0.293 e. The van der Waals surface area contributed by atoms with Gasteiger partial charge in [0.25, 0.3) is 11.6 Å². The number of nitrogens with zero attached hydrogens (tertiary/aromatic N) is 1. The smallest absolute Gasteiger partial charge is 0.293 e. The molecule has 1 fully saturated rings. The molecule has 6 nitrogen and oxygen atoms in total. The lowest BCUT2D eigenvalue weighted by Crippen LogP contribution is -2.32. The molecular formula is C18H27N3O3. The number of nitrogens with one attached hydrogen (secondary N) is 2.